The number of hydrogen-bond acceptors (Lipinski definition) is 4. The molecule has 102 valence electrons. The molecule has 0 bridgehead atoms. The van der Waals surface area contributed by atoms with Gasteiger partial charge in [0.2, 0.25) is 0 Å². The molecule has 0 spiro atoms. The Morgan fingerprint density at radius 2 is 2.32 bits per heavy atom. The lowest BCUT2D eigenvalue weighted by molar-refractivity contribution is 0.199. The first-order chi connectivity index (χ1) is 9.20. The number of rotatable bonds is 6. The zero-order valence-corrected chi connectivity index (χ0v) is 11.2. The van der Waals surface area contributed by atoms with Crippen molar-refractivity contribution in [3.63, 3.8) is 0 Å². The quantitative estimate of drug-likeness (QED) is 0.822. The van der Waals surface area contributed by atoms with Gasteiger partial charge >= 0.3 is 0 Å². The Balaban J connectivity index is 2.06. The molecule has 0 unspecified atom stereocenters. The third-order valence-electron chi connectivity index (χ3n) is 2.48. The Kier molecular flexibility index (Phi) is 4.84. The van der Waals surface area contributed by atoms with Crippen LogP contribution < -0.4 is 5.32 Å². The first-order valence-electron chi connectivity index (χ1n) is 5.77. The molecule has 0 amide bonds. The van der Waals surface area contributed by atoms with Crippen LogP contribution in [0.1, 0.15) is 5.69 Å². The monoisotopic (exact) mass is 284 g/mol. The van der Waals surface area contributed by atoms with Gasteiger partial charge in [-0.2, -0.15) is 0 Å². The maximum atomic E-state index is 13.2. The van der Waals surface area contributed by atoms with Gasteiger partial charge in [0.25, 0.3) is 0 Å². The molecule has 0 aliphatic heterocycles. The van der Waals surface area contributed by atoms with Crippen molar-refractivity contribution in [3.8, 4) is 5.69 Å². The van der Waals surface area contributed by atoms with Crippen LogP contribution in [-0.4, -0.2) is 35.3 Å². The van der Waals surface area contributed by atoms with Crippen molar-refractivity contribution in [2.75, 3.05) is 20.3 Å². The molecule has 2 rings (SSSR count). The van der Waals surface area contributed by atoms with Crippen LogP contribution in [0.4, 0.5) is 4.39 Å². The topological polar surface area (TPSA) is 52.0 Å². The van der Waals surface area contributed by atoms with Crippen LogP contribution in [0.3, 0.4) is 0 Å². The van der Waals surface area contributed by atoms with Gasteiger partial charge in [0, 0.05) is 26.3 Å². The molecule has 1 heterocycles. The molecule has 0 radical (unpaired) electrons. The van der Waals surface area contributed by atoms with Crippen LogP contribution in [0.25, 0.3) is 5.69 Å². The fourth-order valence-electron chi connectivity index (χ4n) is 1.55. The Morgan fingerprint density at radius 1 is 1.47 bits per heavy atom. The average Bonchev–Trinajstić information content (AvgIpc) is 2.86. The van der Waals surface area contributed by atoms with E-state index >= 15 is 0 Å². The van der Waals surface area contributed by atoms with Gasteiger partial charge in [0.05, 0.1) is 29.2 Å². The molecule has 0 saturated carbocycles. The van der Waals surface area contributed by atoms with Crippen molar-refractivity contribution >= 4 is 11.6 Å². The molecule has 0 aliphatic carbocycles. The number of halogens is 2. The largest absolute Gasteiger partial charge is 0.383 e. The van der Waals surface area contributed by atoms with Crippen LogP contribution >= 0.6 is 11.6 Å². The number of ether oxygens (including phenoxy) is 1. The second kappa shape index (κ2) is 6.60. The van der Waals surface area contributed by atoms with E-state index in [1.165, 1.54) is 22.9 Å². The highest BCUT2D eigenvalue weighted by Gasteiger charge is 2.07. The maximum Gasteiger partial charge on any atom is 0.125 e. The third-order valence-corrected chi connectivity index (χ3v) is 2.80. The zero-order valence-electron chi connectivity index (χ0n) is 10.4. The van der Waals surface area contributed by atoms with E-state index in [2.05, 4.69) is 15.6 Å². The molecular formula is C12H14ClFN4O. The first-order valence-corrected chi connectivity index (χ1v) is 6.15. The fraction of sp³-hybridized carbons (Fsp3) is 0.333. The highest BCUT2D eigenvalue weighted by molar-refractivity contribution is 6.32. The van der Waals surface area contributed by atoms with E-state index in [1.54, 1.807) is 13.3 Å². The normalized spacial score (nSPS) is 10.9. The second-order valence-corrected chi connectivity index (χ2v) is 4.33. The van der Waals surface area contributed by atoms with E-state index in [4.69, 9.17) is 16.3 Å². The summed E-state index contributed by atoms with van der Waals surface area (Å²) in [6.45, 7) is 1.92. The van der Waals surface area contributed by atoms with Crippen LogP contribution in [0.2, 0.25) is 5.02 Å². The summed E-state index contributed by atoms with van der Waals surface area (Å²) in [7, 11) is 1.64. The van der Waals surface area contributed by atoms with Gasteiger partial charge in [-0.3, -0.25) is 0 Å². The Hall–Kier alpha value is -1.50. The third kappa shape index (κ3) is 3.73. The first kappa shape index (κ1) is 13.9. The number of benzene rings is 1. The summed E-state index contributed by atoms with van der Waals surface area (Å²) in [5.41, 5.74) is 1.22. The molecule has 0 atom stereocenters. The smallest absolute Gasteiger partial charge is 0.125 e. The molecule has 1 aromatic carbocycles. The second-order valence-electron chi connectivity index (χ2n) is 3.92. The number of hydrogen-bond donors (Lipinski definition) is 1. The minimum absolute atomic E-state index is 0.366. The standard InChI is InChI=1S/C12H14ClFN4O/c1-19-5-4-15-7-10-8-18(17-16-10)12-6-9(14)2-3-11(12)13/h2-3,6,8,15H,4-5,7H2,1H3. The Morgan fingerprint density at radius 3 is 3.11 bits per heavy atom. The lowest BCUT2D eigenvalue weighted by Crippen LogP contribution is -2.18. The SMILES string of the molecule is COCCNCc1cn(-c2cc(F)ccc2Cl)nn1. The summed E-state index contributed by atoms with van der Waals surface area (Å²) in [6.07, 6.45) is 1.71. The lowest BCUT2D eigenvalue weighted by atomic mass is 10.3. The van der Waals surface area contributed by atoms with Gasteiger partial charge in [-0.1, -0.05) is 16.8 Å². The molecular weight excluding hydrogens is 271 g/mol. The van der Waals surface area contributed by atoms with Crippen molar-refractivity contribution < 1.29 is 9.13 Å². The van der Waals surface area contributed by atoms with E-state index in [9.17, 15) is 4.39 Å². The van der Waals surface area contributed by atoms with E-state index in [0.29, 0.717) is 23.9 Å². The van der Waals surface area contributed by atoms with Gasteiger partial charge in [-0.15, -0.1) is 5.10 Å². The number of aromatic nitrogens is 3. The number of nitrogens with one attached hydrogen (secondary N) is 1. The summed E-state index contributed by atoms with van der Waals surface area (Å²) >= 11 is 6.00. The molecule has 1 N–H and O–H groups in total. The maximum absolute atomic E-state index is 13.2. The van der Waals surface area contributed by atoms with Crippen molar-refractivity contribution in [3.05, 3.63) is 40.9 Å². The summed E-state index contributed by atoms with van der Waals surface area (Å²) < 4.78 is 19.6. The van der Waals surface area contributed by atoms with Crippen molar-refractivity contribution in [1.29, 1.82) is 0 Å². The highest BCUT2D eigenvalue weighted by atomic mass is 35.5. The van der Waals surface area contributed by atoms with Crippen molar-refractivity contribution in [2.24, 2.45) is 0 Å². The van der Waals surface area contributed by atoms with E-state index < -0.39 is 0 Å². The predicted octanol–water partition coefficient (Wildman–Crippen LogP) is 1.80. The summed E-state index contributed by atoms with van der Waals surface area (Å²) in [5.74, 6) is -0.366. The predicted molar refractivity (Wildman–Crippen MR) is 69.9 cm³/mol. The van der Waals surface area contributed by atoms with Gasteiger partial charge in [0.15, 0.2) is 0 Å². The van der Waals surface area contributed by atoms with Crippen LogP contribution in [-0.2, 0) is 11.3 Å². The lowest BCUT2D eigenvalue weighted by Gasteiger charge is -2.02. The molecule has 19 heavy (non-hydrogen) atoms. The molecule has 0 saturated heterocycles. The fourth-order valence-corrected chi connectivity index (χ4v) is 1.75. The molecule has 5 nitrogen and oxygen atoms in total. The minimum Gasteiger partial charge on any atom is -0.383 e. The molecule has 2 aromatic rings. The zero-order chi connectivity index (χ0) is 13.7. The highest BCUT2D eigenvalue weighted by Crippen LogP contribution is 2.20. The number of nitrogens with zero attached hydrogens (tertiary/aromatic N) is 3. The summed E-state index contributed by atoms with van der Waals surface area (Å²) in [5, 5.41) is 11.5. The van der Waals surface area contributed by atoms with Gasteiger partial charge in [0.1, 0.15) is 5.82 Å². The minimum atomic E-state index is -0.366. The summed E-state index contributed by atoms with van der Waals surface area (Å²) in [6, 6.07) is 4.11. The van der Waals surface area contributed by atoms with E-state index in [0.717, 1.165) is 12.2 Å². The molecule has 7 heteroatoms. The summed E-state index contributed by atoms with van der Waals surface area (Å²) in [4.78, 5) is 0. The van der Waals surface area contributed by atoms with Crippen LogP contribution in [0.5, 0.6) is 0 Å². The van der Waals surface area contributed by atoms with Crippen molar-refractivity contribution in [2.45, 2.75) is 6.54 Å². The molecule has 0 aliphatic rings. The number of methoxy groups -OCH3 is 1. The van der Waals surface area contributed by atoms with Crippen molar-refractivity contribution in [1.82, 2.24) is 20.3 Å². The Labute approximate surface area is 115 Å². The molecule has 1 aromatic heterocycles. The van der Waals surface area contributed by atoms with Crippen LogP contribution in [0, 0.1) is 5.82 Å². The van der Waals surface area contributed by atoms with Crippen LogP contribution in [0.15, 0.2) is 24.4 Å². The average molecular weight is 285 g/mol. The van der Waals surface area contributed by atoms with Gasteiger partial charge in [-0.25, -0.2) is 9.07 Å². The van der Waals surface area contributed by atoms with Gasteiger partial charge < -0.3 is 10.1 Å². The van der Waals surface area contributed by atoms with E-state index in [1.807, 2.05) is 0 Å². The Bertz CT molecular complexity index is 546. The van der Waals surface area contributed by atoms with E-state index in [-0.39, 0.29) is 5.82 Å². The molecule has 0 fully saturated rings. The van der Waals surface area contributed by atoms with Gasteiger partial charge in [-0.05, 0) is 12.1 Å².